The summed E-state index contributed by atoms with van der Waals surface area (Å²) in [5, 5.41) is 4.55. The number of hydrogen-bond acceptors (Lipinski definition) is 6. The van der Waals surface area contributed by atoms with Crippen molar-refractivity contribution in [3.8, 4) is 17.1 Å². The first-order chi connectivity index (χ1) is 14.8. The molecule has 4 aromatic rings. The van der Waals surface area contributed by atoms with Gasteiger partial charge < -0.3 is 4.74 Å². The summed E-state index contributed by atoms with van der Waals surface area (Å²) < 4.78 is 61.7. The number of hydrogen-bond donors (Lipinski definition) is 1. The van der Waals surface area contributed by atoms with E-state index in [2.05, 4.69) is 19.8 Å². The summed E-state index contributed by atoms with van der Waals surface area (Å²) in [6, 6.07) is 7.18. The Bertz CT molecular complexity index is 1390. The van der Waals surface area contributed by atoms with E-state index in [1.54, 1.807) is 22.8 Å². The topological polar surface area (TPSA) is 98.5 Å². The fourth-order valence-corrected chi connectivity index (χ4v) is 4.15. The van der Waals surface area contributed by atoms with E-state index >= 15 is 0 Å². The van der Waals surface area contributed by atoms with E-state index in [0.29, 0.717) is 23.0 Å². The van der Waals surface area contributed by atoms with Gasteiger partial charge in [-0.3, -0.25) is 4.72 Å². The monoisotopic (exact) mass is 445 g/mol. The Labute approximate surface area is 176 Å². The standard InChI is InChI=1S/C20H17F2N5O3S/c1-3-14-11-23-19-7-5-16(25-27(14)19)12-8-17(20(30-2)24-10-12)26-31(28,29)18-6-4-13(21)9-15(18)22/h4-11,26H,3H2,1-2H3. The van der Waals surface area contributed by atoms with E-state index in [9.17, 15) is 17.2 Å². The molecule has 0 fully saturated rings. The van der Waals surface area contributed by atoms with Gasteiger partial charge in [-0.2, -0.15) is 5.10 Å². The van der Waals surface area contributed by atoms with Crippen molar-refractivity contribution < 1.29 is 21.9 Å². The minimum Gasteiger partial charge on any atom is -0.480 e. The average Bonchev–Trinajstić information content (AvgIpc) is 3.15. The Morgan fingerprint density at radius 2 is 1.90 bits per heavy atom. The summed E-state index contributed by atoms with van der Waals surface area (Å²) in [5.41, 5.74) is 2.58. The quantitative estimate of drug-likeness (QED) is 0.488. The second-order valence-electron chi connectivity index (χ2n) is 6.55. The predicted molar refractivity (Wildman–Crippen MR) is 109 cm³/mol. The second-order valence-corrected chi connectivity index (χ2v) is 8.20. The molecule has 0 radical (unpaired) electrons. The summed E-state index contributed by atoms with van der Waals surface area (Å²) in [7, 11) is -3.05. The molecule has 0 atom stereocenters. The number of imidazole rings is 1. The van der Waals surface area contributed by atoms with Gasteiger partial charge in [0, 0.05) is 17.8 Å². The molecule has 3 heterocycles. The largest absolute Gasteiger partial charge is 0.480 e. The van der Waals surface area contributed by atoms with Gasteiger partial charge in [-0.25, -0.2) is 31.7 Å². The smallest absolute Gasteiger partial charge is 0.264 e. The molecule has 3 aromatic heterocycles. The maximum Gasteiger partial charge on any atom is 0.264 e. The number of pyridine rings is 1. The molecule has 0 saturated carbocycles. The van der Waals surface area contributed by atoms with Crippen molar-refractivity contribution in [2.24, 2.45) is 0 Å². The molecule has 160 valence electrons. The molecule has 0 saturated heterocycles. The molecule has 1 aromatic carbocycles. The molecule has 0 unspecified atom stereocenters. The van der Waals surface area contributed by atoms with Gasteiger partial charge in [-0.15, -0.1) is 0 Å². The van der Waals surface area contributed by atoms with Crippen molar-refractivity contribution in [3.63, 3.8) is 0 Å². The molecule has 31 heavy (non-hydrogen) atoms. The first-order valence-corrected chi connectivity index (χ1v) is 10.7. The second kappa shape index (κ2) is 7.91. The van der Waals surface area contributed by atoms with Crippen LogP contribution in [0.1, 0.15) is 12.6 Å². The van der Waals surface area contributed by atoms with Crippen molar-refractivity contribution >= 4 is 21.4 Å². The zero-order valence-electron chi connectivity index (χ0n) is 16.5. The number of sulfonamides is 1. The zero-order chi connectivity index (χ0) is 22.2. The normalized spacial score (nSPS) is 11.6. The lowest BCUT2D eigenvalue weighted by molar-refractivity contribution is 0.400. The molecule has 0 aliphatic heterocycles. The fraction of sp³-hybridized carbons (Fsp3) is 0.150. The number of benzene rings is 1. The third kappa shape index (κ3) is 3.91. The highest BCUT2D eigenvalue weighted by atomic mass is 32.2. The Morgan fingerprint density at radius 1 is 1.10 bits per heavy atom. The van der Waals surface area contributed by atoms with Crippen LogP contribution in [0.5, 0.6) is 5.88 Å². The summed E-state index contributed by atoms with van der Waals surface area (Å²) in [6.07, 6.45) is 3.94. The van der Waals surface area contributed by atoms with Gasteiger partial charge in [0.25, 0.3) is 10.0 Å². The van der Waals surface area contributed by atoms with E-state index in [1.165, 1.54) is 19.4 Å². The van der Waals surface area contributed by atoms with Crippen LogP contribution in [-0.4, -0.2) is 35.1 Å². The van der Waals surface area contributed by atoms with Crippen molar-refractivity contribution in [3.05, 3.63) is 66.1 Å². The molecule has 8 nitrogen and oxygen atoms in total. The lowest BCUT2D eigenvalue weighted by Gasteiger charge is -2.13. The lowest BCUT2D eigenvalue weighted by Crippen LogP contribution is -2.16. The highest BCUT2D eigenvalue weighted by Crippen LogP contribution is 2.30. The van der Waals surface area contributed by atoms with Gasteiger partial charge in [-0.1, -0.05) is 6.92 Å². The summed E-state index contributed by atoms with van der Waals surface area (Å²) >= 11 is 0. The third-order valence-electron chi connectivity index (χ3n) is 4.56. The Kier molecular flexibility index (Phi) is 5.27. The molecule has 0 aliphatic carbocycles. The zero-order valence-corrected chi connectivity index (χ0v) is 17.3. The maximum atomic E-state index is 14.0. The van der Waals surface area contributed by atoms with Crippen molar-refractivity contribution in [1.82, 2.24) is 19.6 Å². The average molecular weight is 445 g/mol. The van der Waals surface area contributed by atoms with Crippen LogP contribution in [0, 0.1) is 11.6 Å². The lowest BCUT2D eigenvalue weighted by atomic mass is 10.2. The Morgan fingerprint density at radius 3 is 2.61 bits per heavy atom. The van der Waals surface area contributed by atoms with E-state index in [1.807, 2.05) is 6.92 Å². The van der Waals surface area contributed by atoms with Crippen molar-refractivity contribution in [2.45, 2.75) is 18.2 Å². The number of nitrogens with one attached hydrogen (secondary N) is 1. The fourth-order valence-electron chi connectivity index (χ4n) is 3.04. The molecule has 4 rings (SSSR count). The Hall–Kier alpha value is -3.60. The van der Waals surface area contributed by atoms with E-state index < -0.39 is 26.6 Å². The van der Waals surface area contributed by atoms with Crippen LogP contribution in [0.15, 0.2) is 53.7 Å². The van der Waals surface area contributed by atoms with Gasteiger partial charge in [0.2, 0.25) is 5.88 Å². The number of nitrogens with zero attached hydrogens (tertiary/aromatic N) is 4. The number of methoxy groups -OCH3 is 1. The Balaban J connectivity index is 1.76. The molecule has 0 spiro atoms. The minimum absolute atomic E-state index is 0.0206. The maximum absolute atomic E-state index is 14.0. The highest BCUT2D eigenvalue weighted by molar-refractivity contribution is 7.92. The van der Waals surface area contributed by atoms with Crippen LogP contribution in [0.3, 0.4) is 0 Å². The van der Waals surface area contributed by atoms with Crippen LogP contribution < -0.4 is 9.46 Å². The predicted octanol–water partition coefficient (Wildman–Crippen LogP) is 3.44. The van der Waals surface area contributed by atoms with Gasteiger partial charge in [0.1, 0.15) is 22.2 Å². The van der Waals surface area contributed by atoms with E-state index in [4.69, 9.17) is 4.74 Å². The number of halogens is 2. The van der Waals surface area contributed by atoms with Crippen molar-refractivity contribution in [1.29, 1.82) is 0 Å². The molecule has 0 aliphatic rings. The SMILES string of the molecule is CCc1cnc2ccc(-c3cnc(OC)c(NS(=O)(=O)c4ccc(F)cc4F)c3)nn12. The summed E-state index contributed by atoms with van der Waals surface area (Å²) in [4.78, 5) is 7.71. The molecular formula is C20H17F2N5O3S. The summed E-state index contributed by atoms with van der Waals surface area (Å²) in [6.45, 7) is 1.98. The molecule has 1 N–H and O–H groups in total. The highest BCUT2D eigenvalue weighted by Gasteiger charge is 2.22. The van der Waals surface area contributed by atoms with Crippen LogP contribution in [0.2, 0.25) is 0 Å². The molecule has 11 heteroatoms. The first-order valence-electron chi connectivity index (χ1n) is 9.18. The van der Waals surface area contributed by atoms with Crippen molar-refractivity contribution in [2.75, 3.05) is 11.8 Å². The third-order valence-corrected chi connectivity index (χ3v) is 5.96. The van der Waals surface area contributed by atoms with E-state index in [-0.39, 0.29) is 11.6 Å². The van der Waals surface area contributed by atoms with Crippen LogP contribution in [0.4, 0.5) is 14.5 Å². The van der Waals surface area contributed by atoms with Gasteiger partial charge >= 0.3 is 0 Å². The molecule has 0 amide bonds. The molecular weight excluding hydrogens is 428 g/mol. The summed E-state index contributed by atoms with van der Waals surface area (Å²) in [5.74, 6) is -2.12. The number of ether oxygens (including phenoxy) is 1. The number of aromatic nitrogens is 4. The van der Waals surface area contributed by atoms with Gasteiger partial charge in [0.05, 0.1) is 24.7 Å². The van der Waals surface area contributed by atoms with Crippen LogP contribution in [0.25, 0.3) is 16.9 Å². The number of fused-ring (bicyclic) bond motifs is 1. The first kappa shape index (κ1) is 20.7. The number of anilines is 1. The van der Waals surface area contributed by atoms with Gasteiger partial charge in [-0.05, 0) is 36.8 Å². The number of aryl methyl sites for hydroxylation is 1. The molecule has 0 bridgehead atoms. The van der Waals surface area contributed by atoms with E-state index in [0.717, 1.165) is 24.2 Å². The number of rotatable bonds is 6. The van der Waals surface area contributed by atoms with Gasteiger partial charge in [0.15, 0.2) is 5.65 Å². The minimum atomic E-state index is -4.38. The van der Waals surface area contributed by atoms with Crippen LogP contribution in [-0.2, 0) is 16.4 Å². The van der Waals surface area contributed by atoms with Crippen LogP contribution >= 0.6 is 0 Å².